The molecule has 5 heteroatoms. The fraction of sp³-hybridized carbons (Fsp3) is 0.333. The minimum absolute atomic E-state index is 0.0212. The Balaban J connectivity index is 1.65. The Morgan fingerprint density at radius 2 is 1.88 bits per heavy atom. The van der Waals surface area contributed by atoms with Gasteiger partial charge in [-0.05, 0) is 55.7 Å². The number of carbonyl (C=O) groups is 2. The molecule has 0 fully saturated rings. The van der Waals surface area contributed by atoms with Crippen LogP contribution >= 0.6 is 11.8 Å². The number of benzene rings is 2. The number of ether oxygens (including phenoxy) is 1. The smallest absolute Gasteiger partial charge is 0.340 e. The van der Waals surface area contributed by atoms with E-state index in [2.05, 4.69) is 17.4 Å². The number of hydrogen-bond acceptors (Lipinski definition) is 4. The number of aryl methyl sites for hydroxylation is 1. The molecule has 0 heterocycles. The van der Waals surface area contributed by atoms with Gasteiger partial charge in [0, 0.05) is 4.90 Å². The van der Waals surface area contributed by atoms with Crippen LogP contribution < -0.4 is 5.32 Å². The van der Waals surface area contributed by atoms with E-state index in [9.17, 15) is 9.59 Å². The molecule has 0 radical (unpaired) electrons. The largest absolute Gasteiger partial charge is 0.449 e. The lowest BCUT2D eigenvalue weighted by atomic mass is 9.87. The summed E-state index contributed by atoms with van der Waals surface area (Å²) in [5.41, 5.74) is 2.93. The summed E-state index contributed by atoms with van der Waals surface area (Å²) in [5, 5.41) is 3.04. The van der Waals surface area contributed by atoms with Crippen molar-refractivity contribution in [2.75, 3.05) is 6.26 Å². The van der Waals surface area contributed by atoms with Crippen LogP contribution in [0.1, 0.15) is 47.3 Å². The Kier molecular flexibility index (Phi) is 5.99. The van der Waals surface area contributed by atoms with Crippen LogP contribution in [-0.4, -0.2) is 24.2 Å². The maximum atomic E-state index is 12.5. The van der Waals surface area contributed by atoms with E-state index < -0.39 is 12.1 Å². The maximum Gasteiger partial charge on any atom is 0.340 e. The SMILES string of the molecule is CSc1ccccc1C(=O)O[C@H](C)C(=O)N[C@@H]1CCCc2ccccc21. The highest BCUT2D eigenvalue weighted by atomic mass is 32.2. The number of esters is 1. The van der Waals surface area contributed by atoms with Crippen molar-refractivity contribution in [1.82, 2.24) is 5.32 Å². The summed E-state index contributed by atoms with van der Waals surface area (Å²) in [4.78, 5) is 25.8. The molecule has 0 saturated carbocycles. The van der Waals surface area contributed by atoms with Crippen molar-refractivity contribution in [3.63, 3.8) is 0 Å². The number of nitrogens with one attached hydrogen (secondary N) is 1. The minimum atomic E-state index is -0.841. The van der Waals surface area contributed by atoms with E-state index in [1.165, 1.54) is 22.9 Å². The van der Waals surface area contributed by atoms with Gasteiger partial charge in [-0.1, -0.05) is 36.4 Å². The van der Waals surface area contributed by atoms with Gasteiger partial charge in [0.05, 0.1) is 11.6 Å². The van der Waals surface area contributed by atoms with Gasteiger partial charge in [-0.15, -0.1) is 11.8 Å². The lowest BCUT2D eigenvalue weighted by molar-refractivity contribution is -0.130. The summed E-state index contributed by atoms with van der Waals surface area (Å²) in [7, 11) is 0. The van der Waals surface area contributed by atoms with Crippen LogP contribution in [-0.2, 0) is 16.0 Å². The van der Waals surface area contributed by atoms with Crippen molar-refractivity contribution in [2.24, 2.45) is 0 Å². The molecule has 2 atom stereocenters. The fourth-order valence-electron chi connectivity index (χ4n) is 3.28. The third-order valence-electron chi connectivity index (χ3n) is 4.67. The Morgan fingerprint density at radius 1 is 1.15 bits per heavy atom. The third kappa shape index (κ3) is 4.10. The van der Waals surface area contributed by atoms with Gasteiger partial charge in [-0.25, -0.2) is 4.79 Å². The number of thioether (sulfide) groups is 1. The molecule has 0 saturated heterocycles. The van der Waals surface area contributed by atoms with E-state index in [1.807, 2.05) is 30.5 Å². The van der Waals surface area contributed by atoms with Crippen molar-refractivity contribution < 1.29 is 14.3 Å². The molecule has 1 aliphatic rings. The Hall–Kier alpha value is -2.27. The van der Waals surface area contributed by atoms with Crippen molar-refractivity contribution in [1.29, 1.82) is 0 Å². The number of carbonyl (C=O) groups excluding carboxylic acids is 2. The molecule has 2 aromatic rings. The first-order valence-corrected chi connectivity index (χ1v) is 10.0. The van der Waals surface area contributed by atoms with E-state index in [0.717, 1.165) is 24.2 Å². The van der Waals surface area contributed by atoms with E-state index >= 15 is 0 Å². The van der Waals surface area contributed by atoms with Gasteiger partial charge in [-0.3, -0.25) is 4.79 Å². The van der Waals surface area contributed by atoms with Gasteiger partial charge < -0.3 is 10.1 Å². The van der Waals surface area contributed by atoms with E-state index in [-0.39, 0.29) is 11.9 Å². The highest BCUT2D eigenvalue weighted by molar-refractivity contribution is 7.98. The number of hydrogen-bond donors (Lipinski definition) is 1. The minimum Gasteiger partial charge on any atom is -0.449 e. The second-order valence-electron chi connectivity index (χ2n) is 6.40. The van der Waals surface area contributed by atoms with Gasteiger partial charge >= 0.3 is 5.97 Å². The molecule has 0 spiro atoms. The average molecular weight is 369 g/mol. The molecule has 2 aromatic carbocycles. The zero-order chi connectivity index (χ0) is 18.5. The van der Waals surface area contributed by atoms with Gasteiger partial charge in [0.15, 0.2) is 6.10 Å². The highest BCUT2D eigenvalue weighted by Gasteiger charge is 2.26. The molecule has 0 unspecified atom stereocenters. The lowest BCUT2D eigenvalue weighted by Gasteiger charge is -2.27. The van der Waals surface area contributed by atoms with Crippen LogP contribution in [0.3, 0.4) is 0 Å². The number of amides is 1. The first-order chi connectivity index (χ1) is 12.6. The second kappa shape index (κ2) is 8.41. The summed E-state index contributed by atoms with van der Waals surface area (Å²) in [6.07, 6.45) is 4.04. The predicted octanol–water partition coefficient (Wildman–Crippen LogP) is 4.15. The first kappa shape index (κ1) is 18.5. The van der Waals surface area contributed by atoms with E-state index in [1.54, 1.807) is 19.1 Å². The summed E-state index contributed by atoms with van der Waals surface area (Å²) in [6, 6.07) is 15.4. The molecular formula is C21H23NO3S. The summed E-state index contributed by atoms with van der Waals surface area (Å²) in [5.74, 6) is -0.733. The molecule has 0 aliphatic heterocycles. The molecule has 4 nitrogen and oxygen atoms in total. The fourth-order valence-corrected chi connectivity index (χ4v) is 3.87. The van der Waals surface area contributed by atoms with Crippen LogP contribution in [0.2, 0.25) is 0 Å². The second-order valence-corrected chi connectivity index (χ2v) is 7.25. The topological polar surface area (TPSA) is 55.4 Å². The van der Waals surface area contributed by atoms with E-state index in [0.29, 0.717) is 5.56 Å². The number of fused-ring (bicyclic) bond motifs is 1. The average Bonchev–Trinajstić information content (AvgIpc) is 2.68. The predicted molar refractivity (Wildman–Crippen MR) is 103 cm³/mol. The lowest BCUT2D eigenvalue weighted by Crippen LogP contribution is -2.39. The maximum absolute atomic E-state index is 12.5. The quantitative estimate of drug-likeness (QED) is 0.635. The summed E-state index contributed by atoms with van der Waals surface area (Å²) >= 11 is 1.48. The van der Waals surface area contributed by atoms with Crippen LogP contribution in [0, 0.1) is 0 Å². The number of rotatable bonds is 5. The molecule has 1 N–H and O–H groups in total. The molecule has 26 heavy (non-hydrogen) atoms. The summed E-state index contributed by atoms with van der Waals surface area (Å²) < 4.78 is 5.41. The molecule has 136 valence electrons. The molecule has 1 aliphatic carbocycles. The zero-order valence-corrected chi connectivity index (χ0v) is 15.8. The van der Waals surface area contributed by atoms with Crippen LogP contribution in [0.4, 0.5) is 0 Å². The normalized spacial score (nSPS) is 17.1. The molecule has 0 bridgehead atoms. The van der Waals surface area contributed by atoms with Gasteiger partial charge in [-0.2, -0.15) is 0 Å². The van der Waals surface area contributed by atoms with Gasteiger partial charge in [0.25, 0.3) is 5.91 Å². The Morgan fingerprint density at radius 3 is 2.69 bits per heavy atom. The van der Waals surface area contributed by atoms with Crippen LogP contribution in [0.5, 0.6) is 0 Å². The standard InChI is InChI=1S/C21H23NO3S/c1-14(25-21(24)17-11-5-6-13-19(17)26-2)20(23)22-18-12-7-9-15-8-3-4-10-16(15)18/h3-6,8,10-11,13-14,18H,7,9,12H2,1-2H3,(H,22,23)/t14-,18-/m1/s1. The van der Waals surface area contributed by atoms with Crippen molar-refractivity contribution in [3.8, 4) is 0 Å². The molecule has 3 rings (SSSR count). The van der Waals surface area contributed by atoms with Crippen LogP contribution in [0.15, 0.2) is 53.4 Å². The summed E-state index contributed by atoms with van der Waals surface area (Å²) in [6.45, 7) is 1.61. The van der Waals surface area contributed by atoms with Gasteiger partial charge in [0.1, 0.15) is 0 Å². The van der Waals surface area contributed by atoms with Crippen molar-refractivity contribution >= 4 is 23.6 Å². The van der Waals surface area contributed by atoms with Crippen molar-refractivity contribution in [3.05, 3.63) is 65.2 Å². The Bertz CT molecular complexity index is 805. The molecular weight excluding hydrogens is 346 g/mol. The monoisotopic (exact) mass is 369 g/mol. The van der Waals surface area contributed by atoms with Crippen LogP contribution in [0.25, 0.3) is 0 Å². The third-order valence-corrected chi connectivity index (χ3v) is 5.46. The molecule has 1 amide bonds. The first-order valence-electron chi connectivity index (χ1n) is 8.82. The Labute approximate surface area is 158 Å². The van der Waals surface area contributed by atoms with Crippen molar-refractivity contribution in [2.45, 2.75) is 43.2 Å². The van der Waals surface area contributed by atoms with E-state index in [4.69, 9.17) is 4.74 Å². The zero-order valence-electron chi connectivity index (χ0n) is 15.0. The molecule has 0 aromatic heterocycles. The highest BCUT2D eigenvalue weighted by Crippen LogP contribution is 2.29. The van der Waals surface area contributed by atoms with Gasteiger partial charge in [0.2, 0.25) is 0 Å².